The Morgan fingerprint density at radius 1 is 1.03 bits per heavy atom. The van der Waals surface area contributed by atoms with E-state index in [1.807, 2.05) is 0 Å². The number of benzene rings is 3. The van der Waals surface area contributed by atoms with Crippen molar-refractivity contribution in [3.05, 3.63) is 104 Å². The van der Waals surface area contributed by atoms with E-state index < -0.39 is 10.9 Å². The van der Waals surface area contributed by atoms with Crippen molar-refractivity contribution >= 4 is 39.7 Å². The first-order valence-electron chi connectivity index (χ1n) is 8.58. The minimum atomic E-state index is -0.708. The summed E-state index contributed by atoms with van der Waals surface area (Å²) >= 11 is 3.30. The van der Waals surface area contributed by atoms with Crippen molar-refractivity contribution in [2.45, 2.75) is 0 Å². The maximum absolute atomic E-state index is 12.2. The third kappa shape index (κ3) is 5.36. The van der Waals surface area contributed by atoms with Crippen LogP contribution < -0.4 is 10.2 Å². The van der Waals surface area contributed by atoms with Crippen molar-refractivity contribution in [1.82, 2.24) is 5.43 Å². The van der Waals surface area contributed by atoms with Gasteiger partial charge in [-0.15, -0.1) is 0 Å². The van der Waals surface area contributed by atoms with E-state index >= 15 is 0 Å². The number of esters is 1. The number of carbonyl (C=O) groups excluding carboxylic acids is 2. The molecule has 0 aliphatic heterocycles. The lowest BCUT2D eigenvalue weighted by atomic mass is 10.2. The van der Waals surface area contributed by atoms with Crippen molar-refractivity contribution in [2.75, 3.05) is 0 Å². The summed E-state index contributed by atoms with van der Waals surface area (Å²) in [6.07, 6.45) is 1.45. The van der Waals surface area contributed by atoms with Crippen LogP contribution in [0.5, 0.6) is 5.75 Å². The molecule has 0 radical (unpaired) electrons. The number of halogens is 1. The second-order valence-electron chi connectivity index (χ2n) is 5.94. The summed E-state index contributed by atoms with van der Waals surface area (Å²) < 4.78 is 5.88. The van der Waals surface area contributed by atoms with E-state index in [1.165, 1.54) is 24.4 Å². The number of hydrogen-bond donors (Lipinski definition) is 1. The molecule has 0 saturated heterocycles. The summed E-state index contributed by atoms with van der Waals surface area (Å²) in [7, 11) is 0. The average molecular weight is 468 g/mol. The number of amides is 1. The van der Waals surface area contributed by atoms with Gasteiger partial charge in [-0.05, 0) is 64.0 Å². The van der Waals surface area contributed by atoms with Crippen LogP contribution in [0.25, 0.3) is 0 Å². The number of ether oxygens (including phenoxy) is 1. The standard InChI is InChI=1S/C21H14BrN3O5/c22-19-7-2-1-6-18(19)20(26)24-23-13-14-8-10-17(11-9-14)30-21(27)15-4-3-5-16(12-15)25(28)29/h1-13H,(H,24,26). The van der Waals surface area contributed by atoms with Gasteiger partial charge >= 0.3 is 5.97 Å². The summed E-state index contributed by atoms with van der Waals surface area (Å²) in [4.78, 5) is 34.5. The van der Waals surface area contributed by atoms with Crippen molar-refractivity contribution in [3.8, 4) is 5.75 Å². The smallest absolute Gasteiger partial charge is 0.343 e. The molecule has 150 valence electrons. The molecule has 0 spiro atoms. The maximum atomic E-state index is 12.2. The van der Waals surface area contributed by atoms with Gasteiger partial charge < -0.3 is 4.74 Å². The molecule has 0 bridgehead atoms. The molecule has 0 aliphatic carbocycles. The van der Waals surface area contributed by atoms with Crippen LogP contribution in [0.3, 0.4) is 0 Å². The number of nitro groups is 1. The van der Waals surface area contributed by atoms with E-state index in [-0.39, 0.29) is 22.9 Å². The third-order valence-corrected chi connectivity index (χ3v) is 4.57. The highest BCUT2D eigenvalue weighted by molar-refractivity contribution is 9.10. The highest BCUT2D eigenvalue weighted by Crippen LogP contribution is 2.17. The van der Waals surface area contributed by atoms with E-state index in [1.54, 1.807) is 48.5 Å². The quantitative estimate of drug-likeness (QED) is 0.190. The fourth-order valence-electron chi connectivity index (χ4n) is 2.41. The number of nitro benzene ring substituents is 1. The fourth-order valence-corrected chi connectivity index (χ4v) is 2.87. The number of hydrazone groups is 1. The van der Waals surface area contributed by atoms with Gasteiger partial charge in [-0.3, -0.25) is 14.9 Å². The Morgan fingerprint density at radius 3 is 2.47 bits per heavy atom. The molecule has 1 amide bonds. The van der Waals surface area contributed by atoms with Gasteiger partial charge in [0.15, 0.2) is 0 Å². The van der Waals surface area contributed by atoms with Crippen LogP contribution in [0.2, 0.25) is 0 Å². The Morgan fingerprint density at radius 2 is 1.77 bits per heavy atom. The number of nitrogens with zero attached hydrogens (tertiary/aromatic N) is 2. The Bertz CT molecular complexity index is 1130. The summed E-state index contributed by atoms with van der Waals surface area (Å²) in [5.74, 6) is -0.803. The number of non-ortho nitro benzene ring substituents is 1. The first kappa shape index (κ1) is 20.9. The van der Waals surface area contributed by atoms with Crippen LogP contribution >= 0.6 is 15.9 Å². The van der Waals surface area contributed by atoms with Crippen LogP contribution in [0.1, 0.15) is 26.3 Å². The third-order valence-electron chi connectivity index (χ3n) is 3.88. The molecule has 0 aliphatic rings. The topological polar surface area (TPSA) is 111 Å². The molecule has 0 fully saturated rings. The number of rotatable bonds is 6. The van der Waals surface area contributed by atoms with E-state index in [0.29, 0.717) is 15.6 Å². The minimum absolute atomic E-state index is 0.0737. The van der Waals surface area contributed by atoms with Crippen LogP contribution in [0.15, 0.2) is 82.4 Å². The minimum Gasteiger partial charge on any atom is -0.423 e. The van der Waals surface area contributed by atoms with E-state index in [9.17, 15) is 19.7 Å². The van der Waals surface area contributed by atoms with Gasteiger partial charge in [-0.1, -0.05) is 18.2 Å². The summed E-state index contributed by atoms with van der Waals surface area (Å²) in [6.45, 7) is 0. The SMILES string of the molecule is O=C(Oc1ccc(C=NNC(=O)c2ccccc2Br)cc1)c1cccc([N+](=O)[O-])c1. The lowest BCUT2D eigenvalue weighted by molar-refractivity contribution is -0.384. The summed E-state index contributed by atoms with van der Waals surface area (Å²) in [5, 5.41) is 14.7. The van der Waals surface area contributed by atoms with E-state index in [4.69, 9.17) is 4.74 Å². The molecule has 0 aromatic heterocycles. The summed E-state index contributed by atoms with van der Waals surface area (Å²) in [5.41, 5.74) is 3.43. The predicted molar refractivity (Wildman–Crippen MR) is 114 cm³/mol. The Hall–Kier alpha value is -3.85. The first-order chi connectivity index (χ1) is 14.4. The second kappa shape index (κ2) is 9.57. The molecule has 0 unspecified atom stereocenters. The Kier molecular flexibility index (Phi) is 6.66. The molecule has 9 heteroatoms. The average Bonchev–Trinajstić information content (AvgIpc) is 2.75. The van der Waals surface area contributed by atoms with Gasteiger partial charge in [0.05, 0.1) is 22.3 Å². The van der Waals surface area contributed by atoms with Crippen molar-refractivity contribution in [1.29, 1.82) is 0 Å². The van der Waals surface area contributed by atoms with Gasteiger partial charge in [-0.25, -0.2) is 10.2 Å². The van der Waals surface area contributed by atoms with Gasteiger partial charge in [0, 0.05) is 16.6 Å². The molecule has 3 aromatic rings. The molecule has 8 nitrogen and oxygen atoms in total. The van der Waals surface area contributed by atoms with Gasteiger partial charge in [0.1, 0.15) is 5.75 Å². The zero-order valence-electron chi connectivity index (χ0n) is 15.3. The normalized spacial score (nSPS) is 10.6. The zero-order valence-corrected chi connectivity index (χ0v) is 16.9. The monoisotopic (exact) mass is 467 g/mol. The molecule has 1 N–H and O–H groups in total. The van der Waals surface area contributed by atoms with Crippen LogP contribution in [-0.4, -0.2) is 23.0 Å². The van der Waals surface area contributed by atoms with Crippen LogP contribution in [0.4, 0.5) is 5.69 Å². The Balaban J connectivity index is 1.59. The lowest BCUT2D eigenvalue weighted by Gasteiger charge is -2.05. The number of hydrogen-bond acceptors (Lipinski definition) is 6. The maximum Gasteiger partial charge on any atom is 0.343 e. The van der Waals surface area contributed by atoms with Gasteiger partial charge in [-0.2, -0.15) is 5.10 Å². The second-order valence-corrected chi connectivity index (χ2v) is 6.80. The largest absolute Gasteiger partial charge is 0.423 e. The predicted octanol–water partition coefficient (Wildman–Crippen LogP) is 4.34. The molecule has 0 saturated carbocycles. The molecule has 3 aromatic carbocycles. The van der Waals surface area contributed by atoms with E-state index in [0.717, 1.165) is 6.07 Å². The van der Waals surface area contributed by atoms with Crippen molar-refractivity contribution in [3.63, 3.8) is 0 Å². The summed E-state index contributed by atoms with van der Waals surface area (Å²) in [6, 6.07) is 18.6. The van der Waals surface area contributed by atoms with E-state index in [2.05, 4.69) is 26.5 Å². The first-order valence-corrected chi connectivity index (χ1v) is 9.38. The number of nitrogens with one attached hydrogen (secondary N) is 1. The number of carbonyl (C=O) groups is 2. The zero-order chi connectivity index (χ0) is 21.5. The van der Waals surface area contributed by atoms with Crippen LogP contribution in [-0.2, 0) is 0 Å². The highest BCUT2D eigenvalue weighted by Gasteiger charge is 2.13. The molecule has 0 atom stereocenters. The molecule has 3 rings (SSSR count). The molecule has 30 heavy (non-hydrogen) atoms. The molecular weight excluding hydrogens is 454 g/mol. The van der Waals surface area contributed by atoms with Gasteiger partial charge in [0.25, 0.3) is 11.6 Å². The highest BCUT2D eigenvalue weighted by atomic mass is 79.9. The van der Waals surface area contributed by atoms with Crippen molar-refractivity contribution in [2.24, 2.45) is 5.10 Å². The molecule has 0 heterocycles. The molecular formula is C21H14BrN3O5. The van der Waals surface area contributed by atoms with Crippen LogP contribution in [0, 0.1) is 10.1 Å². The van der Waals surface area contributed by atoms with Gasteiger partial charge in [0.2, 0.25) is 0 Å². The Labute approximate surface area is 179 Å². The fraction of sp³-hybridized carbons (Fsp3) is 0. The van der Waals surface area contributed by atoms with Crippen molar-refractivity contribution < 1.29 is 19.2 Å². The lowest BCUT2D eigenvalue weighted by Crippen LogP contribution is -2.18.